The van der Waals surface area contributed by atoms with Gasteiger partial charge in [0.1, 0.15) is 5.69 Å². The number of aliphatic hydroxyl groups excluding tert-OH is 1. The summed E-state index contributed by atoms with van der Waals surface area (Å²) in [6.07, 6.45) is 0. The number of rotatable bonds is 7. The monoisotopic (exact) mass is 419 g/mol. The summed E-state index contributed by atoms with van der Waals surface area (Å²) in [5.41, 5.74) is -0.0809. The fourth-order valence-corrected chi connectivity index (χ4v) is 3.72. The molecule has 0 bridgehead atoms. The largest absolute Gasteiger partial charge is 0.394 e. The highest BCUT2D eigenvalue weighted by Gasteiger charge is 2.24. The number of benzene rings is 2. The lowest BCUT2D eigenvalue weighted by atomic mass is 10.1. The van der Waals surface area contributed by atoms with Gasteiger partial charge < -0.3 is 10.4 Å². The number of aliphatic hydroxyl groups is 1. The van der Waals surface area contributed by atoms with Gasteiger partial charge in [-0.1, -0.05) is 29.3 Å². The lowest BCUT2D eigenvalue weighted by molar-refractivity contribution is -0.384. The van der Waals surface area contributed by atoms with Crippen LogP contribution in [0.15, 0.2) is 41.3 Å². The fraction of sp³-hybridized carbons (Fsp3) is 0.200. The molecule has 3 N–H and O–H groups in total. The lowest BCUT2D eigenvalue weighted by Gasteiger charge is -2.20. The average molecular weight is 420 g/mol. The van der Waals surface area contributed by atoms with Gasteiger partial charge in [0.25, 0.3) is 5.69 Å². The molecule has 0 heterocycles. The van der Waals surface area contributed by atoms with Crippen molar-refractivity contribution in [1.82, 2.24) is 4.72 Å². The van der Waals surface area contributed by atoms with Gasteiger partial charge in [0, 0.05) is 21.7 Å². The van der Waals surface area contributed by atoms with E-state index in [1.165, 1.54) is 19.2 Å². The maximum atomic E-state index is 11.8. The molecule has 0 saturated carbocycles. The minimum Gasteiger partial charge on any atom is -0.394 e. The molecule has 0 spiro atoms. The van der Waals surface area contributed by atoms with E-state index in [2.05, 4.69) is 10.0 Å². The summed E-state index contributed by atoms with van der Waals surface area (Å²) >= 11 is 12.2. The van der Waals surface area contributed by atoms with E-state index in [-0.39, 0.29) is 20.6 Å². The van der Waals surface area contributed by atoms with Crippen molar-refractivity contribution < 1.29 is 18.4 Å². The van der Waals surface area contributed by atoms with Crippen molar-refractivity contribution in [3.05, 3.63) is 62.1 Å². The molecule has 0 radical (unpaired) electrons. The number of halogens is 2. The van der Waals surface area contributed by atoms with Crippen molar-refractivity contribution in [2.24, 2.45) is 0 Å². The van der Waals surface area contributed by atoms with Gasteiger partial charge in [-0.25, -0.2) is 13.1 Å². The zero-order valence-electron chi connectivity index (χ0n) is 13.4. The predicted octanol–water partition coefficient (Wildman–Crippen LogP) is 2.96. The average Bonchev–Trinajstić information content (AvgIpc) is 2.60. The van der Waals surface area contributed by atoms with Crippen LogP contribution < -0.4 is 10.0 Å². The van der Waals surface area contributed by atoms with Crippen LogP contribution in [0.2, 0.25) is 10.0 Å². The highest BCUT2D eigenvalue weighted by Crippen LogP contribution is 2.35. The zero-order valence-corrected chi connectivity index (χ0v) is 15.8. The van der Waals surface area contributed by atoms with Crippen molar-refractivity contribution in [2.45, 2.75) is 10.9 Å². The van der Waals surface area contributed by atoms with E-state index in [4.69, 9.17) is 23.2 Å². The molecular weight excluding hydrogens is 405 g/mol. The van der Waals surface area contributed by atoms with Gasteiger partial charge >= 0.3 is 0 Å². The highest BCUT2D eigenvalue weighted by molar-refractivity contribution is 7.89. The summed E-state index contributed by atoms with van der Waals surface area (Å²) in [5, 5.41) is 24.4. The second kappa shape index (κ2) is 8.19. The SMILES string of the molecule is CNS(=O)(=O)c1ccc(N[C@H](CO)c2c(Cl)cccc2Cl)c([N+](=O)[O-])c1. The Bertz CT molecular complexity index is 917. The Balaban J connectivity index is 2.49. The topological polar surface area (TPSA) is 122 Å². The summed E-state index contributed by atoms with van der Waals surface area (Å²) in [6, 6.07) is 7.33. The van der Waals surface area contributed by atoms with E-state index >= 15 is 0 Å². The van der Waals surface area contributed by atoms with Crippen LogP contribution in [0.25, 0.3) is 0 Å². The van der Waals surface area contributed by atoms with Crippen molar-refractivity contribution in [2.75, 3.05) is 19.0 Å². The third kappa shape index (κ3) is 4.25. The van der Waals surface area contributed by atoms with Crippen molar-refractivity contribution >= 4 is 44.6 Å². The van der Waals surface area contributed by atoms with Gasteiger partial charge in [-0.2, -0.15) is 0 Å². The Hall–Kier alpha value is -1.91. The first kappa shape index (κ1) is 20.4. The predicted molar refractivity (Wildman–Crippen MR) is 99.3 cm³/mol. The first-order chi connectivity index (χ1) is 12.2. The molecule has 0 unspecified atom stereocenters. The summed E-state index contributed by atoms with van der Waals surface area (Å²) in [7, 11) is -2.64. The third-order valence-electron chi connectivity index (χ3n) is 3.61. The molecule has 0 aromatic heterocycles. The summed E-state index contributed by atoms with van der Waals surface area (Å²) in [5.74, 6) is 0. The lowest BCUT2D eigenvalue weighted by Crippen LogP contribution is -2.19. The molecule has 2 rings (SSSR count). The number of nitrogens with zero attached hydrogens (tertiary/aromatic N) is 1. The number of hydrogen-bond acceptors (Lipinski definition) is 6. The number of hydrogen-bond donors (Lipinski definition) is 3. The van der Waals surface area contributed by atoms with Crippen LogP contribution in [0.4, 0.5) is 11.4 Å². The summed E-state index contributed by atoms with van der Waals surface area (Å²) < 4.78 is 25.8. The van der Waals surface area contributed by atoms with E-state index in [9.17, 15) is 23.6 Å². The Morgan fingerprint density at radius 1 is 1.23 bits per heavy atom. The Kier molecular flexibility index (Phi) is 6.43. The molecule has 26 heavy (non-hydrogen) atoms. The van der Waals surface area contributed by atoms with Crippen molar-refractivity contribution in [3.63, 3.8) is 0 Å². The van der Waals surface area contributed by atoms with E-state index in [1.807, 2.05) is 0 Å². The molecule has 0 aliphatic carbocycles. The van der Waals surface area contributed by atoms with Crippen LogP contribution in [-0.2, 0) is 10.0 Å². The second-order valence-electron chi connectivity index (χ2n) is 5.16. The standard InChI is InChI=1S/C15H15Cl2N3O5S/c1-18-26(24,25)9-5-6-12(14(7-9)20(22)23)19-13(8-21)15-10(16)3-2-4-11(15)17/h2-7,13,18-19,21H,8H2,1H3/t13-/m1/s1. The number of nitro groups is 1. The minimum absolute atomic E-state index is 0.0140. The minimum atomic E-state index is -3.84. The van der Waals surface area contributed by atoms with Crippen molar-refractivity contribution in [3.8, 4) is 0 Å². The fourth-order valence-electron chi connectivity index (χ4n) is 2.31. The molecule has 140 valence electrons. The molecular formula is C15H15Cl2N3O5S. The number of anilines is 1. The molecule has 0 aliphatic heterocycles. The Morgan fingerprint density at radius 3 is 2.35 bits per heavy atom. The molecule has 0 amide bonds. The van der Waals surface area contributed by atoms with Crippen LogP contribution in [0.5, 0.6) is 0 Å². The number of nitrogens with one attached hydrogen (secondary N) is 2. The van der Waals surface area contributed by atoms with Crippen LogP contribution in [-0.4, -0.2) is 32.1 Å². The van der Waals surface area contributed by atoms with Gasteiger partial charge in [0.2, 0.25) is 10.0 Å². The maximum absolute atomic E-state index is 11.8. The quantitative estimate of drug-likeness (QED) is 0.468. The Morgan fingerprint density at radius 2 is 1.85 bits per heavy atom. The number of nitro benzene ring substituents is 1. The van der Waals surface area contributed by atoms with Gasteiger partial charge in [0.05, 0.1) is 22.5 Å². The summed E-state index contributed by atoms with van der Waals surface area (Å²) in [6.45, 7) is -0.447. The first-order valence-corrected chi connectivity index (χ1v) is 9.48. The molecule has 2 aromatic carbocycles. The molecule has 2 aromatic rings. The first-order valence-electron chi connectivity index (χ1n) is 7.24. The smallest absolute Gasteiger partial charge is 0.293 e. The van der Waals surface area contributed by atoms with Gasteiger partial charge in [-0.05, 0) is 31.3 Å². The van der Waals surface area contributed by atoms with Gasteiger partial charge in [-0.15, -0.1) is 0 Å². The number of sulfonamides is 1. The van der Waals surface area contributed by atoms with E-state index < -0.39 is 33.3 Å². The van der Waals surface area contributed by atoms with Crippen LogP contribution >= 0.6 is 23.2 Å². The van der Waals surface area contributed by atoms with Gasteiger partial charge in [-0.3, -0.25) is 10.1 Å². The zero-order chi connectivity index (χ0) is 19.5. The normalized spacial score (nSPS) is 12.6. The van der Waals surface area contributed by atoms with E-state index in [0.29, 0.717) is 5.56 Å². The molecule has 0 fully saturated rings. The van der Waals surface area contributed by atoms with Crippen LogP contribution in [0.1, 0.15) is 11.6 Å². The second-order valence-corrected chi connectivity index (χ2v) is 7.86. The summed E-state index contributed by atoms with van der Waals surface area (Å²) in [4.78, 5) is 10.4. The molecule has 8 nitrogen and oxygen atoms in total. The van der Waals surface area contributed by atoms with Crippen LogP contribution in [0.3, 0.4) is 0 Å². The van der Waals surface area contributed by atoms with E-state index in [1.54, 1.807) is 18.2 Å². The molecule has 11 heteroatoms. The Labute approximate surface area is 159 Å². The third-order valence-corrected chi connectivity index (χ3v) is 5.68. The van der Waals surface area contributed by atoms with Crippen LogP contribution in [0, 0.1) is 10.1 Å². The van der Waals surface area contributed by atoms with Crippen molar-refractivity contribution in [1.29, 1.82) is 0 Å². The highest BCUT2D eigenvalue weighted by atomic mass is 35.5. The molecule has 0 aliphatic rings. The molecule has 1 atom stereocenters. The van der Waals surface area contributed by atoms with Gasteiger partial charge in [0.15, 0.2) is 0 Å². The maximum Gasteiger partial charge on any atom is 0.293 e. The molecule has 0 saturated heterocycles. The van der Waals surface area contributed by atoms with E-state index in [0.717, 1.165) is 6.07 Å².